The predicted octanol–water partition coefficient (Wildman–Crippen LogP) is 1.94. The Bertz CT molecular complexity index is 482. The molecule has 16 heavy (non-hydrogen) atoms. The van der Waals surface area contributed by atoms with Crippen molar-refractivity contribution in [1.82, 2.24) is 15.3 Å². The van der Waals surface area contributed by atoms with E-state index >= 15 is 0 Å². The number of carbonyl (C=O) groups excluding carboxylic acids is 1. The summed E-state index contributed by atoms with van der Waals surface area (Å²) in [5.74, 6) is -0.0698. The van der Waals surface area contributed by atoms with Crippen molar-refractivity contribution < 1.29 is 4.79 Å². The molecule has 0 radical (unpaired) electrons. The van der Waals surface area contributed by atoms with Crippen LogP contribution in [0.5, 0.6) is 0 Å². The lowest BCUT2D eigenvalue weighted by Crippen LogP contribution is -2.23. The number of aromatic nitrogens is 2. The zero-order valence-corrected chi connectivity index (χ0v) is 10.6. The van der Waals surface area contributed by atoms with Gasteiger partial charge in [-0.05, 0) is 34.7 Å². The minimum atomic E-state index is -0.0698. The van der Waals surface area contributed by atoms with Crippen LogP contribution in [0.3, 0.4) is 0 Å². The van der Waals surface area contributed by atoms with Crippen molar-refractivity contribution >= 4 is 28.5 Å². The molecule has 0 spiro atoms. The van der Waals surface area contributed by atoms with Crippen molar-refractivity contribution in [2.24, 2.45) is 0 Å². The highest BCUT2D eigenvalue weighted by molar-refractivity contribution is 14.1. The van der Waals surface area contributed by atoms with E-state index in [2.05, 4.69) is 37.9 Å². The van der Waals surface area contributed by atoms with Gasteiger partial charge < -0.3 is 10.3 Å². The second-order valence-electron chi connectivity index (χ2n) is 3.24. The minimum Gasteiger partial charge on any atom is -0.347 e. The molecule has 1 heterocycles. The average Bonchev–Trinajstić information content (AvgIpc) is 2.79. The van der Waals surface area contributed by atoms with Gasteiger partial charge in [0.25, 0.3) is 5.91 Å². The summed E-state index contributed by atoms with van der Waals surface area (Å²) < 4.78 is 0.946. The first-order valence-electron chi connectivity index (χ1n) is 4.77. The normalized spacial score (nSPS) is 10.1. The highest BCUT2D eigenvalue weighted by Crippen LogP contribution is 2.11. The molecular weight excluding hydrogens is 317 g/mol. The standard InChI is InChI=1S/C11H10IN3O/c12-10-4-2-1-3-9(10)11(16)14-6-8-5-13-7-15-8/h1-5,7H,6H2,(H,13,15)(H,14,16). The van der Waals surface area contributed by atoms with Crippen molar-refractivity contribution in [2.45, 2.75) is 6.54 Å². The molecule has 0 bridgehead atoms. The van der Waals surface area contributed by atoms with E-state index in [1.165, 1.54) is 0 Å². The fourth-order valence-electron chi connectivity index (χ4n) is 1.30. The number of H-pyrrole nitrogens is 1. The van der Waals surface area contributed by atoms with Crippen LogP contribution in [-0.2, 0) is 6.54 Å². The van der Waals surface area contributed by atoms with E-state index in [1.54, 1.807) is 12.5 Å². The molecule has 0 saturated heterocycles. The average molecular weight is 327 g/mol. The fourth-order valence-corrected chi connectivity index (χ4v) is 1.93. The van der Waals surface area contributed by atoms with Gasteiger partial charge in [0, 0.05) is 9.77 Å². The largest absolute Gasteiger partial charge is 0.347 e. The Balaban J connectivity index is 2.01. The molecule has 82 valence electrons. The van der Waals surface area contributed by atoms with Crippen molar-refractivity contribution in [1.29, 1.82) is 0 Å². The number of aromatic amines is 1. The highest BCUT2D eigenvalue weighted by Gasteiger charge is 2.08. The third kappa shape index (κ3) is 2.60. The lowest BCUT2D eigenvalue weighted by Gasteiger charge is -2.05. The van der Waals surface area contributed by atoms with E-state index in [1.807, 2.05) is 24.3 Å². The van der Waals surface area contributed by atoms with Gasteiger partial charge in [0.15, 0.2) is 0 Å². The summed E-state index contributed by atoms with van der Waals surface area (Å²) in [5.41, 5.74) is 1.59. The van der Waals surface area contributed by atoms with Gasteiger partial charge in [0.1, 0.15) is 0 Å². The summed E-state index contributed by atoms with van der Waals surface area (Å²) in [4.78, 5) is 18.6. The van der Waals surface area contributed by atoms with Crippen LogP contribution < -0.4 is 5.32 Å². The molecule has 0 fully saturated rings. The minimum absolute atomic E-state index is 0.0698. The molecule has 0 aliphatic rings. The van der Waals surface area contributed by atoms with Crippen LogP contribution in [-0.4, -0.2) is 15.9 Å². The van der Waals surface area contributed by atoms with Crippen LogP contribution in [0.15, 0.2) is 36.8 Å². The van der Waals surface area contributed by atoms with Gasteiger partial charge in [0.2, 0.25) is 0 Å². The zero-order valence-electron chi connectivity index (χ0n) is 8.40. The molecule has 0 aliphatic heterocycles. The first kappa shape index (κ1) is 11.1. The van der Waals surface area contributed by atoms with E-state index in [9.17, 15) is 4.79 Å². The molecular formula is C11H10IN3O. The van der Waals surface area contributed by atoms with Crippen molar-refractivity contribution in [3.63, 3.8) is 0 Å². The van der Waals surface area contributed by atoms with Gasteiger partial charge in [-0.3, -0.25) is 4.79 Å². The molecule has 1 aromatic heterocycles. The van der Waals surface area contributed by atoms with Crippen molar-refractivity contribution in [3.05, 3.63) is 51.6 Å². The highest BCUT2D eigenvalue weighted by atomic mass is 127. The summed E-state index contributed by atoms with van der Waals surface area (Å²) in [6, 6.07) is 7.48. The second kappa shape index (κ2) is 5.11. The molecule has 2 rings (SSSR count). The molecule has 0 unspecified atom stereocenters. The lowest BCUT2D eigenvalue weighted by molar-refractivity contribution is 0.0949. The van der Waals surface area contributed by atoms with Gasteiger partial charge in [-0.1, -0.05) is 12.1 Å². The summed E-state index contributed by atoms with van der Waals surface area (Å²) in [7, 11) is 0. The summed E-state index contributed by atoms with van der Waals surface area (Å²) in [6.07, 6.45) is 3.28. The number of benzene rings is 1. The number of hydrogen-bond donors (Lipinski definition) is 2. The molecule has 0 atom stereocenters. The quantitative estimate of drug-likeness (QED) is 0.847. The Morgan fingerprint density at radius 1 is 1.44 bits per heavy atom. The number of nitrogens with zero attached hydrogens (tertiary/aromatic N) is 1. The Labute approximate surface area is 107 Å². The van der Waals surface area contributed by atoms with Gasteiger partial charge in [0.05, 0.1) is 24.1 Å². The molecule has 5 heteroatoms. The van der Waals surface area contributed by atoms with E-state index in [0.717, 1.165) is 9.26 Å². The van der Waals surface area contributed by atoms with Crippen molar-refractivity contribution in [3.8, 4) is 0 Å². The first-order chi connectivity index (χ1) is 7.77. The molecule has 2 N–H and O–H groups in total. The Morgan fingerprint density at radius 3 is 2.94 bits per heavy atom. The van der Waals surface area contributed by atoms with E-state index < -0.39 is 0 Å². The lowest BCUT2D eigenvalue weighted by atomic mass is 10.2. The molecule has 0 saturated carbocycles. The van der Waals surface area contributed by atoms with Gasteiger partial charge in [-0.15, -0.1) is 0 Å². The summed E-state index contributed by atoms with van der Waals surface area (Å²) in [6.45, 7) is 0.462. The summed E-state index contributed by atoms with van der Waals surface area (Å²) in [5, 5.41) is 2.83. The Kier molecular flexibility index (Phi) is 3.55. The maximum absolute atomic E-state index is 11.8. The monoisotopic (exact) mass is 327 g/mol. The molecule has 1 amide bonds. The van der Waals surface area contributed by atoms with Crippen LogP contribution in [0.2, 0.25) is 0 Å². The predicted molar refractivity (Wildman–Crippen MR) is 68.9 cm³/mol. The van der Waals surface area contributed by atoms with E-state index in [0.29, 0.717) is 12.1 Å². The first-order valence-corrected chi connectivity index (χ1v) is 5.85. The number of rotatable bonds is 3. The van der Waals surface area contributed by atoms with Crippen LogP contribution >= 0.6 is 22.6 Å². The fraction of sp³-hybridized carbons (Fsp3) is 0.0909. The molecule has 1 aromatic carbocycles. The third-order valence-electron chi connectivity index (χ3n) is 2.11. The van der Waals surface area contributed by atoms with Gasteiger partial charge in [-0.25, -0.2) is 4.98 Å². The van der Waals surface area contributed by atoms with Crippen LogP contribution in [0, 0.1) is 3.57 Å². The maximum atomic E-state index is 11.8. The number of amides is 1. The Morgan fingerprint density at radius 2 is 2.25 bits per heavy atom. The van der Waals surface area contributed by atoms with Crippen molar-refractivity contribution in [2.75, 3.05) is 0 Å². The zero-order chi connectivity index (χ0) is 11.4. The van der Waals surface area contributed by atoms with E-state index in [-0.39, 0.29) is 5.91 Å². The van der Waals surface area contributed by atoms with Crippen LogP contribution in [0.4, 0.5) is 0 Å². The third-order valence-corrected chi connectivity index (χ3v) is 3.05. The Hall–Kier alpha value is -1.37. The number of nitrogens with one attached hydrogen (secondary N) is 2. The summed E-state index contributed by atoms with van der Waals surface area (Å²) >= 11 is 2.15. The number of carbonyl (C=O) groups is 1. The molecule has 4 nitrogen and oxygen atoms in total. The SMILES string of the molecule is O=C(NCc1cnc[nH]1)c1ccccc1I. The maximum Gasteiger partial charge on any atom is 0.252 e. The smallest absolute Gasteiger partial charge is 0.252 e. The topological polar surface area (TPSA) is 57.8 Å². The number of halogens is 1. The van der Waals surface area contributed by atoms with Crippen LogP contribution in [0.25, 0.3) is 0 Å². The number of hydrogen-bond acceptors (Lipinski definition) is 2. The van der Waals surface area contributed by atoms with Gasteiger partial charge in [-0.2, -0.15) is 0 Å². The molecule has 0 aliphatic carbocycles. The van der Waals surface area contributed by atoms with Gasteiger partial charge >= 0.3 is 0 Å². The second-order valence-corrected chi connectivity index (χ2v) is 4.40. The number of imidazole rings is 1. The molecule has 2 aromatic rings. The van der Waals surface area contributed by atoms with Crippen LogP contribution in [0.1, 0.15) is 16.1 Å². The van der Waals surface area contributed by atoms with E-state index in [4.69, 9.17) is 0 Å².